The molecular weight excluding hydrogens is 609 g/mol. The van der Waals surface area contributed by atoms with E-state index in [0.717, 1.165) is 11.5 Å². The minimum Gasteiger partial charge on any atom is -0.488 e. The van der Waals surface area contributed by atoms with Crippen molar-refractivity contribution in [1.29, 1.82) is 0 Å². The molecule has 8 rings (SSSR count). The molecule has 2 nitrogen and oxygen atoms in total. The normalized spacial score (nSPS) is 13.5. The van der Waals surface area contributed by atoms with Crippen molar-refractivity contribution < 1.29 is 9.47 Å². The first-order chi connectivity index (χ1) is 23.7. The Morgan fingerprint density at radius 2 is 1.02 bits per heavy atom. The van der Waals surface area contributed by atoms with E-state index < -0.39 is 0 Å². The minimum absolute atomic E-state index is 0.158. The number of hydrogen-bond donors (Lipinski definition) is 0. The average molecular weight is 661 g/mol. The van der Waals surface area contributed by atoms with Gasteiger partial charge in [-0.15, -0.1) is 0 Å². The van der Waals surface area contributed by atoms with Gasteiger partial charge in [0.2, 0.25) is 0 Å². The van der Waals surface area contributed by atoms with Crippen LogP contribution in [0.2, 0.25) is 0 Å². The third-order valence-electron chi connectivity index (χ3n) is 10.6. The standard InChI is InChI=1S/2C24H26O/c1-15(2)16-6-10-21-20-9-7-17-12-18(24(3,4)5)8-11-19(17)22(20)14-25-23(21)13-16;1-15(2)16-6-9-20-18(12-16)14-25-23-21-11-8-19(24(3,4)5)13-17(21)7-10-22(20)23/h2*6-13,15H,14H2,1-5H3. The first kappa shape index (κ1) is 33.9. The summed E-state index contributed by atoms with van der Waals surface area (Å²) in [6.45, 7) is 23.8. The fraction of sp³-hybridized carbons (Fsp3) is 0.333. The van der Waals surface area contributed by atoms with E-state index in [4.69, 9.17) is 9.47 Å². The van der Waals surface area contributed by atoms with Crippen LogP contribution in [0.15, 0.2) is 97.1 Å². The van der Waals surface area contributed by atoms with Gasteiger partial charge < -0.3 is 9.47 Å². The Labute approximate surface area is 299 Å². The molecule has 2 aliphatic heterocycles. The second kappa shape index (κ2) is 12.6. The molecule has 50 heavy (non-hydrogen) atoms. The van der Waals surface area contributed by atoms with E-state index >= 15 is 0 Å². The van der Waals surface area contributed by atoms with Gasteiger partial charge >= 0.3 is 0 Å². The van der Waals surface area contributed by atoms with Gasteiger partial charge in [0.25, 0.3) is 0 Å². The van der Waals surface area contributed by atoms with Gasteiger partial charge in [-0.25, -0.2) is 0 Å². The molecule has 2 heterocycles. The highest BCUT2D eigenvalue weighted by Crippen LogP contribution is 2.44. The average Bonchev–Trinajstić information content (AvgIpc) is 3.09. The molecule has 0 unspecified atom stereocenters. The molecule has 256 valence electrons. The third-order valence-corrected chi connectivity index (χ3v) is 10.6. The number of benzene rings is 6. The zero-order chi connectivity index (χ0) is 35.5. The minimum atomic E-state index is 0.158. The Morgan fingerprint density at radius 1 is 0.480 bits per heavy atom. The van der Waals surface area contributed by atoms with Crippen molar-refractivity contribution in [3.63, 3.8) is 0 Å². The Kier molecular flexibility index (Phi) is 8.58. The summed E-state index contributed by atoms with van der Waals surface area (Å²) in [6, 6.07) is 36.1. The Hall–Kier alpha value is -4.56. The molecule has 0 fully saturated rings. The molecule has 0 bridgehead atoms. The molecule has 0 N–H and O–H groups in total. The maximum Gasteiger partial charge on any atom is 0.135 e. The smallest absolute Gasteiger partial charge is 0.135 e. The van der Waals surface area contributed by atoms with E-state index in [1.165, 1.54) is 77.2 Å². The van der Waals surface area contributed by atoms with E-state index in [9.17, 15) is 0 Å². The second-order valence-electron chi connectivity index (χ2n) is 17.0. The predicted octanol–water partition coefficient (Wildman–Crippen LogP) is 13.6. The van der Waals surface area contributed by atoms with Crippen molar-refractivity contribution >= 4 is 21.5 Å². The molecule has 0 saturated carbocycles. The van der Waals surface area contributed by atoms with Crippen LogP contribution in [0, 0.1) is 0 Å². The van der Waals surface area contributed by atoms with E-state index in [2.05, 4.69) is 166 Å². The first-order valence-corrected chi connectivity index (χ1v) is 18.4. The van der Waals surface area contributed by atoms with E-state index in [1.54, 1.807) is 0 Å². The van der Waals surface area contributed by atoms with E-state index in [0.29, 0.717) is 25.0 Å². The third kappa shape index (κ3) is 6.30. The quantitative estimate of drug-likeness (QED) is 0.184. The molecule has 0 aliphatic carbocycles. The van der Waals surface area contributed by atoms with Crippen LogP contribution in [0.5, 0.6) is 11.5 Å². The number of hydrogen-bond acceptors (Lipinski definition) is 2. The largest absolute Gasteiger partial charge is 0.488 e. The monoisotopic (exact) mass is 660 g/mol. The lowest BCUT2D eigenvalue weighted by molar-refractivity contribution is 0.303. The molecule has 2 aliphatic rings. The summed E-state index contributed by atoms with van der Waals surface area (Å²) < 4.78 is 12.4. The van der Waals surface area contributed by atoms with E-state index in [-0.39, 0.29) is 10.8 Å². The summed E-state index contributed by atoms with van der Waals surface area (Å²) in [5, 5.41) is 5.08. The van der Waals surface area contributed by atoms with Crippen LogP contribution in [0.1, 0.15) is 114 Å². The lowest BCUT2D eigenvalue weighted by Crippen LogP contribution is -2.11. The first-order valence-electron chi connectivity index (χ1n) is 18.4. The summed E-state index contributed by atoms with van der Waals surface area (Å²) >= 11 is 0. The molecule has 0 amide bonds. The van der Waals surface area contributed by atoms with Crippen molar-refractivity contribution in [2.24, 2.45) is 0 Å². The zero-order valence-corrected chi connectivity index (χ0v) is 31.6. The van der Waals surface area contributed by atoms with Crippen LogP contribution in [0.25, 0.3) is 43.8 Å². The van der Waals surface area contributed by atoms with Crippen LogP contribution in [0.4, 0.5) is 0 Å². The molecule has 0 saturated heterocycles. The summed E-state index contributed by atoms with van der Waals surface area (Å²) in [5.74, 6) is 3.11. The van der Waals surface area contributed by atoms with Crippen molar-refractivity contribution in [2.75, 3.05) is 0 Å². The topological polar surface area (TPSA) is 18.5 Å². The maximum atomic E-state index is 6.22. The fourth-order valence-electron chi connectivity index (χ4n) is 7.30. The Balaban J connectivity index is 0.000000157. The van der Waals surface area contributed by atoms with Gasteiger partial charge in [0.1, 0.15) is 24.7 Å². The molecule has 0 radical (unpaired) electrons. The van der Waals surface area contributed by atoms with Gasteiger partial charge in [-0.1, -0.05) is 160 Å². The Morgan fingerprint density at radius 3 is 1.64 bits per heavy atom. The summed E-state index contributed by atoms with van der Waals surface area (Å²) in [7, 11) is 0. The number of rotatable bonds is 2. The van der Waals surface area contributed by atoms with Gasteiger partial charge in [0, 0.05) is 22.1 Å². The number of fused-ring (bicyclic) bond motifs is 10. The fourth-order valence-corrected chi connectivity index (χ4v) is 7.30. The van der Waals surface area contributed by atoms with Crippen molar-refractivity contribution in [2.45, 2.75) is 105 Å². The maximum absolute atomic E-state index is 6.22. The van der Waals surface area contributed by atoms with Gasteiger partial charge in [0.15, 0.2) is 0 Å². The molecule has 6 aromatic carbocycles. The lowest BCUT2D eigenvalue weighted by atomic mass is 9.84. The van der Waals surface area contributed by atoms with Crippen LogP contribution < -0.4 is 9.47 Å². The van der Waals surface area contributed by atoms with Gasteiger partial charge in [-0.2, -0.15) is 0 Å². The van der Waals surface area contributed by atoms with Gasteiger partial charge in [-0.3, -0.25) is 0 Å². The SMILES string of the molecule is CC(C)c1ccc2c(c1)COc1c-2ccc2cc(C(C)(C)C)ccc12.CC(C)c1ccc2c(c1)OCc1c-2ccc2cc(C(C)(C)C)ccc12. The van der Waals surface area contributed by atoms with Crippen LogP contribution >= 0.6 is 0 Å². The summed E-state index contributed by atoms with van der Waals surface area (Å²) in [6.07, 6.45) is 0. The molecule has 6 aromatic rings. The highest BCUT2D eigenvalue weighted by molar-refractivity contribution is 5.97. The summed E-state index contributed by atoms with van der Waals surface area (Å²) in [4.78, 5) is 0. The number of ether oxygens (including phenoxy) is 2. The molecule has 0 aromatic heterocycles. The van der Waals surface area contributed by atoms with Crippen LogP contribution in [-0.4, -0.2) is 0 Å². The highest BCUT2D eigenvalue weighted by Gasteiger charge is 2.23. The zero-order valence-electron chi connectivity index (χ0n) is 31.6. The summed E-state index contributed by atoms with van der Waals surface area (Å²) in [5.41, 5.74) is 13.4. The highest BCUT2D eigenvalue weighted by atomic mass is 16.5. The Bertz CT molecular complexity index is 2080. The van der Waals surface area contributed by atoms with Crippen LogP contribution in [0.3, 0.4) is 0 Å². The van der Waals surface area contributed by atoms with Crippen molar-refractivity contribution in [3.8, 4) is 33.8 Å². The van der Waals surface area contributed by atoms with Crippen molar-refractivity contribution in [3.05, 3.63) is 130 Å². The lowest BCUT2D eigenvalue weighted by Gasteiger charge is -2.25. The molecule has 0 spiro atoms. The van der Waals surface area contributed by atoms with E-state index in [1.807, 2.05) is 0 Å². The van der Waals surface area contributed by atoms with Crippen molar-refractivity contribution in [1.82, 2.24) is 0 Å². The predicted molar refractivity (Wildman–Crippen MR) is 213 cm³/mol. The van der Waals surface area contributed by atoms with Crippen LogP contribution in [-0.2, 0) is 24.0 Å². The van der Waals surface area contributed by atoms with Gasteiger partial charge in [0.05, 0.1) is 0 Å². The molecule has 2 heteroatoms. The second-order valence-corrected chi connectivity index (χ2v) is 17.0. The van der Waals surface area contributed by atoms with Gasteiger partial charge in [-0.05, 0) is 83.8 Å². The molecule has 0 atom stereocenters. The molecular formula is C48H52O2.